The van der Waals surface area contributed by atoms with E-state index in [0.717, 1.165) is 22.3 Å². The second-order valence-electron chi connectivity index (χ2n) is 5.69. The molecule has 3 rings (SSSR count). The van der Waals surface area contributed by atoms with Gasteiger partial charge in [-0.3, -0.25) is 4.79 Å². The van der Waals surface area contributed by atoms with Crippen LogP contribution in [0.25, 0.3) is 10.9 Å². The Kier molecular flexibility index (Phi) is 5.25. The maximum atomic E-state index is 11.5. The highest BCUT2D eigenvalue weighted by atomic mass is 35.5. The van der Waals surface area contributed by atoms with Crippen molar-refractivity contribution in [1.29, 1.82) is 0 Å². The topological polar surface area (TPSA) is 92.2 Å². The van der Waals surface area contributed by atoms with E-state index >= 15 is 0 Å². The number of aromatic nitrogens is 2. The molecule has 2 aromatic heterocycles. The van der Waals surface area contributed by atoms with Crippen molar-refractivity contribution in [3.8, 4) is 5.75 Å². The Balaban J connectivity index is 1.70. The molecular formula is C17H19ClN4O3. The van der Waals surface area contributed by atoms with Crippen LogP contribution in [0.4, 0.5) is 0 Å². The average molecular weight is 363 g/mol. The normalized spacial score (nSPS) is 11.0. The summed E-state index contributed by atoms with van der Waals surface area (Å²) in [5.41, 5.74) is 2.57. The van der Waals surface area contributed by atoms with E-state index in [-0.39, 0.29) is 19.1 Å². The van der Waals surface area contributed by atoms with Crippen LogP contribution in [0.1, 0.15) is 17.1 Å². The van der Waals surface area contributed by atoms with Crippen molar-refractivity contribution in [3.63, 3.8) is 0 Å². The Hall–Kier alpha value is -2.51. The first-order chi connectivity index (χ1) is 12.0. The molecule has 0 atom stereocenters. The fourth-order valence-electron chi connectivity index (χ4n) is 2.45. The highest BCUT2D eigenvalue weighted by Crippen LogP contribution is 2.31. The van der Waals surface area contributed by atoms with Gasteiger partial charge in [-0.2, -0.15) is 0 Å². The predicted octanol–water partition coefficient (Wildman–Crippen LogP) is 2.53. The van der Waals surface area contributed by atoms with Crippen molar-refractivity contribution in [2.24, 2.45) is 0 Å². The Labute approximate surface area is 149 Å². The van der Waals surface area contributed by atoms with Gasteiger partial charge < -0.3 is 24.9 Å². The van der Waals surface area contributed by atoms with Gasteiger partial charge in [0.05, 0.1) is 23.8 Å². The van der Waals surface area contributed by atoms with Gasteiger partial charge in [0.15, 0.2) is 5.76 Å². The molecule has 1 aromatic carbocycles. The molecule has 0 fully saturated rings. The number of likely N-dealkylation sites (N-methyl/N-ethyl adjacent to an activating group) is 1. The Morgan fingerprint density at radius 2 is 2.20 bits per heavy atom. The number of benzene rings is 1. The molecule has 0 spiro atoms. The zero-order chi connectivity index (χ0) is 17.8. The average Bonchev–Trinajstić information content (AvgIpc) is 3.16. The van der Waals surface area contributed by atoms with Gasteiger partial charge in [-0.25, -0.2) is 0 Å². The SMILES string of the molecule is CNCC(=O)NCc1cc2cc(Cl)c(OCc3cc(C)no3)cc2[nH]1. The fourth-order valence-corrected chi connectivity index (χ4v) is 2.68. The smallest absolute Gasteiger partial charge is 0.234 e. The minimum Gasteiger partial charge on any atom is -0.484 e. The lowest BCUT2D eigenvalue weighted by atomic mass is 10.2. The molecule has 0 radical (unpaired) electrons. The van der Waals surface area contributed by atoms with Crippen LogP contribution in [0.2, 0.25) is 5.02 Å². The van der Waals surface area contributed by atoms with Crippen LogP contribution in [-0.4, -0.2) is 29.6 Å². The first-order valence-corrected chi connectivity index (χ1v) is 8.20. The number of hydrogen-bond donors (Lipinski definition) is 3. The minimum absolute atomic E-state index is 0.0643. The first-order valence-electron chi connectivity index (χ1n) is 7.82. The summed E-state index contributed by atoms with van der Waals surface area (Å²) in [7, 11) is 1.73. The van der Waals surface area contributed by atoms with Gasteiger partial charge in [-0.1, -0.05) is 16.8 Å². The molecule has 0 saturated carbocycles. The molecule has 1 amide bonds. The molecule has 0 aliphatic rings. The molecule has 0 bridgehead atoms. The standard InChI is InChI=1S/C17H19ClN4O3/c1-10-3-13(25-22-10)9-24-16-6-15-11(5-14(16)18)4-12(21-15)7-20-17(23)8-19-2/h3-6,19,21H,7-9H2,1-2H3,(H,20,23). The summed E-state index contributed by atoms with van der Waals surface area (Å²) >= 11 is 6.29. The molecule has 3 aromatic rings. The molecular weight excluding hydrogens is 344 g/mol. The lowest BCUT2D eigenvalue weighted by Crippen LogP contribution is -2.31. The summed E-state index contributed by atoms with van der Waals surface area (Å²) in [6.45, 7) is 2.80. The van der Waals surface area contributed by atoms with Crippen LogP contribution in [-0.2, 0) is 17.9 Å². The molecule has 0 saturated heterocycles. The summed E-state index contributed by atoms with van der Waals surface area (Å²) in [5.74, 6) is 1.12. The Morgan fingerprint density at radius 1 is 1.36 bits per heavy atom. The predicted molar refractivity (Wildman–Crippen MR) is 94.7 cm³/mol. The van der Waals surface area contributed by atoms with E-state index in [9.17, 15) is 4.79 Å². The largest absolute Gasteiger partial charge is 0.484 e. The maximum Gasteiger partial charge on any atom is 0.234 e. The summed E-state index contributed by atoms with van der Waals surface area (Å²) in [6.07, 6.45) is 0. The van der Waals surface area contributed by atoms with Crippen LogP contribution < -0.4 is 15.4 Å². The zero-order valence-electron chi connectivity index (χ0n) is 14.0. The molecule has 132 valence electrons. The molecule has 3 N–H and O–H groups in total. The first kappa shape index (κ1) is 17.3. The molecule has 7 nitrogen and oxygen atoms in total. The van der Waals surface area contributed by atoms with Gasteiger partial charge in [-0.05, 0) is 26.1 Å². The number of nitrogens with one attached hydrogen (secondary N) is 3. The van der Waals surface area contributed by atoms with Crippen LogP contribution in [0.15, 0.2) is 28.8 Å². The maximum absolute atomic E-state index is 11.5. The number of aromatic amines is 1. The highest BCUT2D eigenvalue weighted by Gasteiger charge is 2.10. The van der Waals surface area contributed by atoms with Gasteiger partial charge in [0, 0.05) is 28.7 Å². The van der Waals surface area contributed by atoms with Gasteiger partial charge in [-0.15, -0.1) is 0 Å². The summed E-state index contributed by atoms with van der Waals surface area (Å²) in [5, 5.41) is 10.9. The monoisotopic (exact) mass is 362 g/mol. The van der Waals surface area contributed by atoms with Crippen molar-refractivity contribution in [2.45, 2.75) is 20.1 Å². The van der Waals surface area contributed by atoms with Crippen molar-refractivity contribution in [2.75, 3.05) is 13.6 Å². The molecule has 8 heteroatoms. The third-order valence-corrected chi connectivity index (χ3v) is 3.88. The molecule has 2 heterocycles. The lowest BCUT2D eigenvalue weighted by Gasteiger charge is -2.06. The quantitative estimate of drug-likeness (QED) is 0.600. The van der Waals surface area contributed by atoms with Gasteiger partial charge in [0.2, 0.25) is 5.91 Å². The van der Waals surface area contributed by atoms with Crippen molar-refractivity contribution < 1.29 is 14.1 Å². The fraction of sp³-hybridized carbons (Fsp3) is 0.294. The second-order valence-corrected chi connectivity index (χ2v) is 6.10. The number of H-pyrrole nitrogens is 1. The Bertz CT molecular complexity index is 887. The summed E-state index contributed by atoms with van der Waals surface area (Å²) in [6, 6.07) is 7.42. The molecule has 0 aliphatic carbocycles. The van der Waals surface area contributed by atoms with Gasteiger partial charge >= 0.3 is 0 Å². The highest BCUT2D eigenvalue weighted by molar-refractivity contribution is 6.32. The summed E-state index contributed by atoms with van der Waals surface area (Å²) in [4.78, 5) is 14.8. The number of hydrogen-bond acceptors (Lipinski definition) is 5. The molecule has 25 heavy (non-hydrogen) atoms. The van der Waals surface area contributed by atoms with E-state index in [1.165, 1.54) is 0 Å². The van der Waals surface area contributed by atoms with Crippen LogP contribution in [0.3, 0.4) is 0 Å². The van der Waals surface area contributed by atoms with E-state index in [2.05, 4.69) is 20.8 Å². The Morgan fingerprint density at radius 3 is 2.92 bits per heavy atom. The third-order valence-electron chi connectivity index (χ3n) is 3.59. The molecule has 0 aliphatic heterocycles. The number of ether oxygens (including phenoxy) is 1. The second kappa shape index (κ2) is 7.58. The minimum atomic E-state index is -0.0643. The van der Waals surface area contributed by atoms with Crippen molar-refractivity contribution in [3.05, 3.63) is 46.4 Å². The van der Waals surface area contributed by atoms with E-state index in [0.29, 0.717) is 23.1 Å². The van der Waals surface area contributed by atoms with E-state index in [1.54, 1.807) is 7.05 Å². The van der Waals surface area contributed by atoms with E-state index < -0.39 is 0 Å². The lowest BCUT2D eigenvalue weighted by molar-refractivity contribution is -0.120. The number of carbonyl (C=O) groups is 1. The number of amides is 1. The number of nitrogens with zero attached hydrogens (tertiary/aromatic N) is 1. The van der Waals surface area contributed by atoms with Gasteiger partial charge in [0.25, 0.3) is 0 Å². The number of halogens is 1. The van der Waals surface area contributed by atoms with Crippen LogP contribution in [0.5, 0.6) is 5.75 Å². The van der Waals surface area contributed by atoms with E-state index in [1.807, 2.05) is 31.2 Å². The van der Waals surface area contributed by atoms with Crippen LogP contribution in [0, 0.1) is 6.92 Å². The van der Waals surface area contributed by atoms with Gasteiger partial charge in [0.1, 0.15) is 12.4 Å². The number of carbonyl (C=O) groups excluding carboxylic acids is 1. The van der Waals surface area contributed by atoms with Crippen molar-refractivity contribution >= 4 is 28.4 Å². The zero-order valence-corrected chi connectivity index (χ0v) is 14.7. The third kappa shape index (κ3) is 4.32. The van der Waals surface area contributed by atoms with Crippen molar-refractivity contribution in [1.82, 2.24) is 20.8 Å². The van der Waals surface area contributed by atoms with Crippen LogP contribution >= 0.6 is 11.6 Å². The molecule has 0 unspecified atom stereocenters. The number of aryl methyl sites for hydroxylation is 1. The van der Waals surface area contributed by atoms with E-state index in [4.69, 9.17) is 20.9 Å². The summed E-state index contributed by atoms with van der Waals surface area (Å²) < 4.78 is 10.8. The number of fused-ring (bicyclic) bond motifs is 1. The number of rotatable bonds is 7.